The predicted molar refractivity (Wildman–Crippen MR) is 123 cm³/mol. The lowest BCUT2D eigenvalue weighted by Gasteiger charge is -2.10. The number of aromatic nitrogens is 3. The number of benzene rings is 2. The lowest BCUT2D eigenvalue weighted by molar-refractivity contribution is -0.113. The van der Waals surface area contributed by atoms with Gasteiger partial charge in [0.2, 0.25) is 5.91 Å². The Bertz CT molecular complexity index is 1090. The van der Waals surface area contributed by atoms with Crippen LogP contribution in [0.25, 0.3) is 0 Å². The number of carbonyl (C=O) groups excluding carboxylic acids is 2. The van der Waals surface area contributed by atoms with Crippen molar-refractivity contribution in [1.29, 1.82) is 0 Å². The van der Waals surface area contributed by atoms with Gasteiger partial charge in [0.15, 0.2) is 5.16 Å². The number of rotatable bonds is 10. The Morgan fingerprint density at radius 1 is 1.06 bits per heavy atom. The highest BCUT2D eigenvalue weighted by Gasteiger charge is 2.15. The van der Waals surface area contributed by atoms with Gasteiger partial charge in [-0.05, 0) is 37.1 Å². The van der Waals surface area contributed by atoms with Crippen LogP contribution in [-0.4, -0.2) is 38.9 Å². The van der Waals surface area contributed by atoms with Gasteiger partial charge >= 0.3 is 0 Å². The standard InChI is InChI=1S/C23H26FN5O2S/c1-3-16-9-5-8-12-19(16)26-21(30)15-32-23-28-27-20(29(23)4-2)13-14-25-22(31)17-10-6-7-11-18(17)24/h5-12H,3-4,13-15H2,1-2H3,(H,25,31)(H,26,30). The van der Waals surface area contributed by atoms with Crippen molar-refractivity contribution in [3.8, 4) is 0 Å². The van der Waals surface area contributed by atoms with Crippen molar-refractivity contribution in [2.75, 3.05) is 17.6 Å². The van der Waals surface area contributed by atoms with E-state index in [1.54, 1.807) is 6.07 Å². The monoisotopic (exact) mass is 455 g/mol. The van der Waals surface area contributed by atoms with Crippen LogP contribution in [0.1, 0.15) is 35.6 Å². The largest absolute Gasteiger partial charge is 0.351 e. The zero-order chi connectivity index (χ0) is 22.9. The third kappa shape index (κ3) is 5.94. The van der Waals surface area contributed by atoms with E-state index in [4.69, 9.17) is 0 Å². The Kier molecular flexibility index (Phi) is 8.38. The van der Waals surface area contributed by atoms with Crippen molar-refractivity contribution >= 4 is 29.3 Å². The number of halogens is 1. The Balaban J connectivity index is 1.53. The first kappa shape index (κ1) is 23.5. The highest BCUT2D eigenvalue weighted by Crippen LogP contribution is 2.19. The molecule has 3 rings (SSSR count). The molecule has 7 nitrogen and oxygen atoms in total. The quantitative estimate of drug-likeness (QED) is 0.455. The van der Waals surface area contributed by atoms with E-state index in [1.165, 1.54) is 30.0 Å². The summed E-state index contributed by atoms with van der Waals surface area (Å²) in [4.78, 5) is 24.5. The van der Waals surface area contributed by atoms with Gasteiger partial charge in [0.05, 0.1) is 11.3 Å². The maximum atomic E-state index is 13.7. The molecule has 0 unspecified atom stereocenters. The maximum Gasteiger partial charge on any atom is 0.254 e. The molecular formula is C23H26FN5O2S. The second-order valence-electron chi connectivity index (χ2n) is 6.98. The van der Waals surface area contributed by atoms with Crippen LogP contribution >= 0.6 is 11.8 Å². The summed E-state index contributed by atoms with van der Waals surface area (Å²) in [6.45, 7) is 4.94. The Morgan fingerprint density at radius 2 is 1.81 bits per heavy atom. The average Bonchev–Trinajstić information content (AvgIpc) is 3.20. The average molecular weight is 456 g/mol. The third-order valence-corrected chi connectivity index (χ3v) is 5.83. The predicted octanol–water partition coefficient (Wildman–Crippen LogP) is 3.70. The van der Waals surface area contributed by atoms with Crippen molar-refractivity contribution in [2.24, 2.45) is 0 Å². The molecule has 0 aliphatic rings. The van der Waals surface area contributed by atoms with E-state index in [9.17, 15) is 14.0 Å². The number of amides is 2. The van der Waals surface area contributed by atoms with Crippen LogP contribution in [0.3, 0.4) is 0 Å². The second kappa shape index (κ2) is 11.4. The first-order valence-corrected chi connectivity index (χ1v) is 11.5. The summed E-state index contributed by atoms with van der Waals surface area (Å²) in [5.74, 6) is -0.231. The van der Waals surface area contributed by atoms with E-state index in [0.717, 1.165) is 17.7 Å². The zero-order valence-electron chi connectivity index (χ0n) is 18.1. The molecule has 2 aromatic carbocycles. The molecule has 0 atom stereocenters. The minimum atomic E-state index is -0.555. The second-order valence-corrected chi connectivity index (χ2v) is 7.92. The normalized spacial score (nSPS) is 10.7. The van der Waals surface area contributed by atoms with Gasteiger partial charge in [0.1, 0.15) is 11.6 Å². The number of nitrogens with zero attached hydrogens (tertiary/aromatic N) is 3. The maximum absolute atomic E-state index is 13.7. The summed E-state index contributed by atoms with van der Waals surface area (Å²) >= 11 is 1.31. The van der Waals surface area contributed by atoms with Crippen LogP contribution < -0.4 is 10.6 Å². The van der Waals surface area contributed by atoms with Crippen LogP contribution in [0.4, 0.5) is 10.1 Å². The zero-order valence-corrected chi connectivity index (χ0v) is 18.9. The Labute approximate surface area is 190 Å². The molecule has 0 saturated carbocycles. The minimum absolute atomic E-state index is 0.0105. The van der Waals surface area contributed by atoms with Crippen LogP contribution in [0, 0.1) is 5.82 Å². The fourth-order valence-electron chi connectivity index (χ4n) is 3.22. The van der Waals surface area contributed by atoms with Crippen molar-refractivity contribution in [1.82, 2.24) is 20.1 Å². The van der Waals surface area contributed by atoms with Gasteiger partial charge in [-0.15, -0.1) is 10.2 Å². The van der Waals surface area contributed by atoms with Gasteiger partial charge in [-0.1, -0.05) is 49.0 Å². The Hall–Kier alpha value is -3.20. The SMILES string of the molecule is CCc1ccccc1NC(=O)CSc1nnc(CCNC(=O)c2ccccc2F)n1CC. The summed E-state index contributed by atoms with van der Waals surface area (Å²) in [5.41, 5.74) is 1.92. The summed E-state index contributed by atoms with van der Waals surface area (Å²) in [7, 11) is 0. The molecule has 9 heteroatoms. The summed E-state index contributed by atoms with van der Waals surface area (Å²) < 4.78 is 15.6. The van der Waals surface area contributed by atoms with E-state index < -0.39 is 11.7 Å². The topological polar surface area (TPSA) is 88.9 Å². The molecule has 32 heavy (non-hydrogen) atoms. The first-order valence-electron chi connectivity index (χ1n) is 10.5. The molecule has 0 aliphatic heterocycles. The van der Waals surface area contributed by atoms with Crippen molar-refractivity contribution in [3.63, 3.8) is 0 Å². The molecule has 0 radical (unpaired) electrons. The molecule has 2 amide bonds. The van der Waals surface area contributed by atoms with E-state index in [-0.39, 0.29) is 17.2 Å². The molecule has 0 aliphatic carbocycles. The molecule has 2 N–H and O–H groups in total. The smallest absolute Gasteiger partial charge is 0.254 e. The van der Waals surface area contributed by atoms with Gasteiger partial charge in [-0.25, -0.2) is 4.39 Å². The van der Waals surface area contributed by atoms with Gasteiger partial charge in [0.25, 0.3) is 5.91 Å². The molecule has 0 bridgehead atoms. The number of aryl methyl sites for hydroxylation is 1. The highest BCUT2D eigenvalue weighted by atomic mass is 32.2. The van der Waals surface area contributed by atoms with E-state index in [1.807, 2.05) is 42.7 Å². The number of nitrogens with one attached hydrogen (secondary N) is 2. The van der Waals surface area contributed by atoms with Crippen LogP contribution in [0.5, 0.6) is 0 Å². The third-order valence-electron chi connectivity index (χ3n) is 4.87. The molecular weight excluding hydrogens is 429 g/mol. The Morgan fingerprint density at radius 3 is 2.56 bits per heavy atom. The molecule has 3 aromatic rings. The van der Waals surface area contributed by atoms with E-state index >= 15 is 0 Å². The van der Waals surface area contributed by atoms with Crippen molar-refractivity contribution in [2.45, 2.75) is 38.4 Å². The van der Waals surface area contributed by atoms with E-state index in [0.29, 0.717) is 30.5 Å². The molecule has 0 fully saturated rings. The molecule has 1 aromatic heterocycles. The van der Waals surface area contributed by atoms with Crippen LogP contribution in [-0.2, 0) is 24.2 Å². The van der Waals surface area contributed by atoms with Gasteiger partial charge < -0.3 is 15.2 Å². The fourth-order valence-corrected chi connectivity index (χ4v) is 4.04. The number of thioether (sulfide) groups is 1. The van der Waals surface area contributed by atoms with Gasteiger partial charge in [-0.3, -0.25) is 9.59 Å². The highest BCUT2D eigenvalue weighted by molar-refractivity contribution is 7.99. The molecule has 168 valence electrons. The van der Waals surface area contributed by atoms with E-state index in [2.05, 4.69) is 20.8 Å². The number of carbonyl (C=O) groups is 2. The fraction of sp³-hybridized carbons (Fsp3) is 0.304. The summed E-state index contributed by atoms with van der Waals surface area (Å²) in [5, 5.41) is 14.7. The summed E-state index contributed by atoms with van der Waals surface area (Å²) in [6, 6.07) is 13.6. The molecule has 0 spiro atoms. The van der Waals surface area contributed by atoms with Crippen LogP contribution in [0.15, 0.2) is 53.7 Å². The van der Waals surface area contributed by atoms with Crippen molar-refractivity contribution < 1.29 is 14.0 Å². The van der Waals surface area contributed by atoms with Crippen LogP contribution in [0.2, 0.25) is 0 Å². The van der Waals surface area contributed by atoms with Gasteiger partial charge in [-0.2, -0.15) is 0 Å². The first-order chi connectivity index (χ1) is 15.5. The number of hydrogen-bond acceptors (Lipinski definition) is 5. The van der Waals surface area contributed by atoms with Crippen molar-refractivity contribution in [3.05, 3.63) is 71.3 Å². The number of anilines is 1. The minimum Gasteiger partial charge on any atom is -0.351 e. The summed E-state index contributed by atoms with van der Waals surface area (Å²) in [6.07, 6.45) is 1.28. The molecule has 1 heterocycles. The number of hydrogen-bond donors (Lipinski definition) is 2. The van der Waals surface area contributed by atoms with Gasteiger partial charge in [0, 0.05) is 25.2 Å². The number of para-hydroxylation sites is 1. The lowest BCUT2D eigenvalue weighted by Crippen LogP contribution is -2.27. The molecule has 0 saturated heterocycles. The lowest BCUT2D eigenvalue weighted by atomic mass is 10.1.